The average molecular weight is 456 g/mol. The van der Waals surface area contributed by atoms with Crippen molar-refractivity contribution in [3.63, 3.8) is 0 Å². The summed E-state index contributed by atoms with van der Waals surface area (Å²) in [5, 5.41) is 9.70. The molecule has 0 bridgehead atoms. The smallest absolute Gasteiger partial charge is 0.410 e. The third-order valence-corrected chi connectivity index (χ3v) is 5.06. The fourth-order valence-corrected chi connectivity index (χ4v) is 3.66. The molecule has 176 valence electrons. The first-order valence-corrected chi connectivity index (χ1v) is 9.92. The number of carbonyl (C=O) groups is 1. The Morgan fingerprint density at radius 1 is 1.12 bits per heavy atom. The molecule has 0 fully saturated rings. The van der Waals surface area contributed by atoms with Crippen LogP contribution >= 0.6 is 0 Å². The van der Waals surface area contributed by atoms with Gasteiger partial charge in [-0.05, 0) is 38.5 Å². The zero-order valence-electron chi connectivity index (χ0n) is 18.8. The van der Waals surface area contributed by atoms with Crippen molar-refractivity contribution in [3.05, 3.63) is 29.5 Å². The molecule has 0 unspecified atom stereocenters. The molecule has 3 rings (SSSR count). The Balaban J connectivity index is 2.08. The summed E-state index contributed by atoms with van der Waals surface area (Å²) in [5.74, 6) is 0.447. The molecule has 1 aliphatic heterocycles. The highest BCUT2D eigenvalue weighted by Crippen LogP contribution is 2.47. The van der Waals surface area contributed by atoms with Gasteiger partial charge in [-0.2, -0.15) is 18.3 Å². The molecule has 2 N–H and O–H groups in total. The van der Waals surface area contributed by atoms with E-state index >= 15 is 0 Å². The minimum absolute atomic E-state index is 0.000855. The number of alkyl halides is 3. The number of carbonyl (C=O) groups excluding carboxylic acids is 1. The van der Waals surface area contributed by atoms with Gasteiger partial charge in [0.05, 0.1) is 33.6 Å². The van der Waals surface area contributed by atoms with E-state index in [0.717, 1.165) is 10.9 Å². The van der Waals surface area contributed by atoms with Gasteiger partial charge in [-0.25, -0.2) is 4.68 Å². The molecule has 2 atom stereocenters. The van der Waals surface area contributed by atoms with Crippen molar-refractivity contribution in [2.75, 3.05) is 26.6 Å². The summed E-state index contributed by atoms with van der Waals surface area (Å²) in [4.78, 5) is 12.7. The van der Waals surface area contributed by atoms with Gasteiger partial charge in [0.2, 0.25) is 5.75 Å². The molecule has 2 heterocycles. The Morgan fingerprint density at radius 3 is 2.19 bits per heavy atom. The van der Waals surface area contributed by atoms with Crippen molar-refractivity contribution in [3.8, 4) is 17.2 Å². The maximum Gasteiger partial charge on any atom is 0.410 e. The minimum atomic E-state index is -4.57. The first-order valence-electron chi connectivity index (χ1n) is 9.92. The van der Waals surface area contributed by atoms with Crippen molar-refractivity contribution in [1.29, 1.82) is 0 Å². The molecule has 1 aromatic carbocycles. The summed E-state index contributed by atoms with van der Waals surface area (Å²) in [6, 6.07) is 0.473. The van der Waals surface area contributed by atoms with E-state index in [4.69, 9.17) is 14.2 Å². The first-order chi connectivity index (χ1) is 14.9. The van der Waals surface area contributed by atoms with E-state index in [0.29, 0.717) is 22.8 Å². The molecule has 8 nitrogen and oxygen atoms in total. The molecule has 1 amide bonds. The number of anilines is 1. The Kier molecular flexibility index (Phi) is 6.21. The summed E-state index contributed by atoms with van der Waals surface area (Å²) in [6.45, 7) is 5.35. The Hall–Kier alpha value is -3.11. The number of nitrogens with zero attached hydrogens (tertiary/aromatic N) is 2. The number of amides is 1. The van der Waals surface area contributed by atoms with Crippen molar-refractivity contribution >= 4 is 11.7 Å². The van der Waals surface area contributed by atoms with Crippen LogP contribution in [-0.2, 0) is 0 Å². The van der Waals surface area contributed by atoms with Gasteiger partial charge in [0.25, 0.3) is 5.91 Å². The number of nitrogens with one attached hydrogen (secondary N) is 2. The fraction of sp³-hybridized carbons (Fsp3) is 0.524. The minimum Gasteiger partial charge on any atom is -0.493 e. The predicted octanol–water partition coefficient (Wildman–Crippen LogP) is 4.10. The molecule has 0 spiro atoms. The van der Waals surface area contributed by atoms with E-state index in [1.54, 1.807) is 32.9 Å². The van der Waals surface area contributed by atoms with Crippen LogP contribution in [0.4, 0.5) is 19.0 Å². The van der Waals surface area contributed by atoms with Crippen LogP contribution in [0, 0.1) is 0 Å². The highest BCUT2D eigenvalue weighted by atomic mass is 19.4. The van der Waals surface area contributed by atoms with E-state index in [9.17, 15) is 18.0 Å². The molecular formula is C21H27F3N4O4. The summed E-state index contributed by atoms with van der Waals surface area (Å²) in [7, 11) is 4.30. The Labute approximate surface area is 184 Å². The molecular weight excluding hydrogens is 429 g/mol. The molecule has 0 saturated heterocycles. The quantitative estimate of drug-likeness (QED) is 0.705. The largest absolute Gasteiger partial charge is 0.493 e. The Morgan fingerprint density at radius 2 is 1.72 bits per heavy atom. The van der Waals surface area contributed by atoms with Crippen LogP contribution < -0.4 is 24.8 Å². The lowest BCUT2D eigenvalue weighted by atomic mass is 9.95. The van der Waals surface area contributed by atoms with E-state index in [2.05, 4.69) is 15.7 Å². The third-order valence-electron chi connectivity index (χ3n) is 5.06. The fourth-order valence-electron chi connectivity index (χ4n) is 3.66. The number of rotatable bonds is 5. The van der Waals surface area contributed by atoms with Crippen molar-refractivity contribution in [2.45, 2.75) is 51.0 Å². The second-order valence-corrected chi connectivity index (χ2v) is 8.50. The number of fused-ring (bicyclic) bond motifs is 1. The summed E-state index contributed by atoms with van der Waals surface area (Å²) in [6.07, 6.45) is -3.75. The van der Waals surface area contributed by atoms with Crippen LogP contribution in [-0.4, -0.2) is 48.7 Å². The molecule has 2 aromatic rings. The van der Waals surface area contributed by atoms with Crippen LogP contribution in [0.5, 0.6) is 17.2 Å². The number of aromatic nitrogens is 2. The van der Waals surface area contributed by atoms with Gasteiger partial charge in [0, 0.05) is 12.0 Å². The SMILES string of the molecule is COc1cc([C@@H]2C[C@H](C(F)(F)F)n3ncc(C(=O)NC(C)(C)C)c3N2)cc(OC)c1OC. The van der Waals surface area contributed by atoms with Gasteiger partial charge < -0.3 is 24.8 Å². The first kappa shape index (κ1) is 23.6. The lowest BCUT2D eigenvalue weighted by molar-refractivity contribution is -0.173. The molecule has 1 aliphatic rings. The Bertz CT molecular complexity index is 973. The maximum absolute atomic E-state index is 13.9. The average Bonchev–Trinajstić information content (AvgIpc) is 3.13. The van der Waals surface area contributed by atoms with Gasteiger partial charge in [0.15, 0.2) is 17.5 Å². The summed E-state index contributed by atoms with van der Waals surface area (Å²) < 4.78 is 58.6. The van der Waals surface area contributed by atoms with Gasteiger partial charge in [0.1, 0.15) is 11.4 Å². The molecule has 0 saturated carbocycles. The second-order valence-electron chi connectivity index (χ2n) is 8.50. The third kappa shape index (κ3) is 4.56. The zero-order valence-corrected chi connectivity index (χ0v) is 18.8. The molecule has 0 radical (unpaired) electrons. The highest BCUT2D eigenvalue weighted by Gasteiger charge is 2.47. The number of benzene rings is 1. The van der Waals surface area contributed by atoms with Crippen LogP contribution in [0.3, 0.4) is 0 Å². The van der Waals surface area contributed by atoms with E-state index in [1.165, 1.54) is 21.3 Å². The van der Waals surface area contributed by atoms with Crippen molar-refractivity contribution in [2.24, 2.45) is 0 Å². The molecule has 0 aliphatic carbocycles. The van der Waals surface area contributed by atoms with Crippen molar-refractivity contribution in [1.82, 2.24) is 15.1 Å². The standard InChI is InChI=1S/C21H27F3N4O4/c1-20(2,3)27-19(29)12-10-25-28-16(21(22,23)24)9-13(26-18(12)28)11-7-14(30-4)17(32-6)15(8-11)31-5/h7-8,10,13,16,26H,9H2,1-6H3,(H,27,29)/t13-,16+/m0/s1. The monoisotopic (exact) mass is 456 g/mol. The van der Waals surface area contributed by atoms with Crippen LogP contribution in [0.25, 0.3) is 0 Å². The second kappa shape index (κ2) is 8.44. The number of hydrogen-bond donors (Lipinski definition) is 2. The highest BCUT2D eigenvalue weighted by molar-refractivity contribution is 5.99. The lowest BCUT2D eigenvalue weighted by Crippen LogP contribution is -2.41. The van der Waals surface area contributed by atoms with Crippen LogP contribution in [0.15, 0.2) is 18.3 Å². The number of hydrogen-bond acceptors (Lipinski definition) is 6. The molecule has 32 heavy (non-hydrogen) atoms. The molecule has 1 aromatic heterocycles. The van der Waals surface area contributed by atoms with Crippen molar-refractivity contribution < 1.29 is 32.2 Å². The van der Waals surface area contributed by atoms with Gasteiger partial charge in [-0.1, -0.05) is 0 Å². The predicted molar refractivity (Wildman–Crippen MR) is 112 cm³/mol. The van der Waals surface area contributed by atoms with E-state index in [1.807, 2.05) is 0 Å². The van der Waals surface area contributed by atoms with Gasteiger partial charge in [-0.3, -0.25) is 4.79 Å². The lowest BCUT2D eigenvalue weighted by Gasteiger charge is -2.34. The number of ether oxygens (including phenoxy) is 3. The van der Waals surface area contributed by atoms with E-state index < -0.39 is 29.7 Å². The van der Waals surface area contributed by atoms with Crippen LogP contribution in [0.2, 0.25) is 0 Å². The topological polar surface area (TPSA) is 86.6 Å². The zero-order chi connectivity index (χ0) is 23.8. The maximum atomic E-state index is 13.9. The van der Waals surface area contributed by atoms with Gasteiger partial charge >= 0.3 is 6.18 Å². The molecule has 11 heteroatoms. The normalized spacial score (nSPS) is 18.4. The summed E-state index contributed by atoms with van der Waals surface area (Å²) in [5.41, 5.74) is -0.0465. The number of methoxy groups -OCH3 is 3. The number of halogens is 3. The summed E-state index contributed by atoms with van der Waals surface area (Å²) >= 11 is 0. The van der Waals surface area contributed by atoms with Gasteiger partial charge in [-0.15, -0.1) is 0 Å². The van der Waals surface area contributed by atoms with Crippen LogP contribution in [0.1, 0.15) is 55.2 Å². The van der Waals surface area contributed by atoms with E-state index in [-0.39, 0.29) is 17.8 Å².